The minimum atomic E-state index is -4.46. The predicted octanol–water partition coefficient (Wildman–Crippen LogP) is 1.09. The number of nitrogens with one attached hydrogen (secondary N) is 2. The number of aromatic amines is 1. The van der Waals surface area contributed by atoms with E-state index in [2.05, 4.69) is 20.4 Å². The Morgan fingerprint density at radius 1 is 1.45 bits per heavy atom. The second-order valence-electron chi connectivity index (χ2n) is 7.20. The lowest BCUT2D eigenvalue weighted by molar-refractivity contribution is -0.141. The maximum absolute atomic E-state index is 12.7. The number of morpholine rings is 1. The quantitative estimate of drug-likeness (QED) is 0.753. The van der Waals surface area contributed by atoms with Gasteiger partial charge in [0.05, 0.1) is 32.5 Å². The fraction of sp³-hybridized carbons (Fsp3) is 0.588. The third kappa shape index (κ3) is 4.60. The van der Waals surface area contributed by atoms with Crippen molar-refractivity contribution >= 4 is 5.91 Å². The van der Waals surface area contributed by atoms with Gasteiger partial charge in [-0.3, -0.25) is 9.69 Å². The van der Waals surface area contributed by atoms with Crippen molar-refractivity contribution in [1.29, 1.82) is 0 Å². The Bertz CT molecular complexity index is 840. The highest BCUT2D eigenvalue weighted by molar-refractivity contribution is 5.81. The lowest BCUT2D eigenvalue weighted by atomic mass is 9.97. The van der Waals surface area contributed by atoms with E-state index in [1.165, 1.54) is 6.26 Å². The van der Waals surface area contributed by atoms with E-state index in [9.17, 15) is 18.0 Å². The Kier molecular flexibility index (Phi) is 5.32. The van der Waals surface area contributed by atoms with E-state index in [1.807, 2.05) is 4.90 Å². The van der Waals surface area contributed by atoms with Gasteiger partial charge in [0.1, 0.15) is 35.2 Å². The third-order valence-electron chi connectivity index (χ3n) is 4.97. The molecule has 29 heavy (non-hydrogen) atoms. The molecule has 0 aromatic carbocycles. The minimum Gasteiger partial charge on any atom is -0.370 e. The third-order valence-corrected chi connectivity index (χ3v) is 4.97. The number of alkyl halides is 3. The monoisotopic (exact) mass is 415 g/mol. The number of halogens is 3. The molecule has 1 amide bonds. The van der Waals surface area contributed by atoms with E-state index >= 15 is 0 Å². The summed E-state index contributed by atoms with van der Waals surface area (Å²) in [5.74, 6) is -0.0401. The van der Waals surface area contributed by atoms with Gasteiger partial charge >= 0.3 is 6.18 Å². The van der Waals surface area contributed by atoms with Crippen LogP contribution >= 0.6 is 0 Å². The highest BCUT2D eigenvalue weighted by Gasteiger charge is 2.47. The van der Waals surface area contributed by atoms with Crippen molar-refractivity contribution in [2.24, 2.45) is 0 Å². The SMILES string of the molecule is O=C(NCc1ccon1)[C@H]1C[C@]2(CO1)CN(Cc1ncc(C(F)(F)F)[nH]1)CCO2. The van der Waals surface area contributed by atoms with Crippen molar-refractivity contribution in [3.8, 4) is 0 Å². The van der Waals surface area contributed by atoms with Crippen LogP contribution in [0.4, 0.5) is 13.2 Å². The first-order valence-electron chi connectivity index (χ1n) is 9.09. The fourth-order valence-corrected chi connectivity index (χ4v) is 3.56. The number of carbonyl (C=O) groups excluding carboxylic acids is 1. The Morgan fingerprint density at radius 2 is 2.31 bits per heavy atom. The van der Waals surface area contributed by atoms with Crippen LogP contribution in [0.2, 0.25) is 0 Å². The van der Waals surface area contributed by atoms with Gasteiger partial charge in [-0.2, -0.15) is 13.2 Å². The van der Waals surface area contributed by atoms with Crippen molar-refractivity contribution in [3.05, 3.63) is 35.7 Å². The summed E-state index contributed by atoms with van der Waals surface area (Å²) in [6.45, 7) is 2.06. The van der Waals surface area contributed by atoms with Crippen LogP contribution in [0.3, 0.4) is 0 Å². The molecule has 0 radical (unpaired) electrons. The van der Waals surface area contributed by atoms with Crippen molar-refractivity contribution in [3.63, 3.8) is 0 Å². The fourth-order valence-electron chi connectivity index (χ4n) is 3.56. The van der Waals surface area contributed by atoms with Crippen LogP contribution in [0.1, 0.15) is 23.6 Å². The first kappa shape index (κ1) is 19.9. The lowest BCUT2D eigenvalue weighted by Gasteiger charge is -2.39. The van der Waals surface area contributed by atoms with Gasteiger partial charge in [0.25, 0.3) is 0 Å². The summed E-state index contributed by atoms with van der Waals surface area (Å²) in [7, 11) is 0. The zero-order chi connectivity index (χ0) is 20.5. The number of carbonyl (C=O) groups is 1. The Labute approximate surface area is 163 Å². The molecule has 12 heteroatoms. The Hall–Kier alpha value is -2.44. The second-order valence-corrected chi connectivity index (χ2v) is 7.20. The van der Waals surface area contributed by atoms with Crippen LogP contribution < -0.4 is 5.32 Å². The van der Waals surface area contributed by atoms with Crippen molar-refractivity contribution in [2.45, 2.75) is 37.4 Å². The number of rotatable bonds is 5. The van der Waals surface area contributed by atoms with Crippen LogP contribution in [-0.4, -0.2) is 63.9 Å². The number of hydrogen-bond acceptors (Lipinski definition) is 7. The molecule has 1 spiro atoms. The summed E-state index contributed by atoms with van der Waals surface area (Å²) < 4.78 is 54.4. The van der Waals surface area contributed by atoms with Gasteiger partial charge in [-0.15, -0.1) is 0 Å². The molecule has 2 saturated heterocycles. The topological polar surface area (TPSA) is 106 Å². The van der Waals surface area contributed by atoms with Gasteiger partial charge in [-0.05, 0) is 0 Å². The molecule has 4 rings (SSSR count). The van der Waals surface area contributed by atoms with E-state index in [0.29, 0.717) is 31.8 Å². The molecule has 2 aliphatic heterocycles. The molecular weight excluding hydrogens is 395 g/mol. The van der Waals surface area contributed by atoms with Crippen molar-refractivity contribution < 1.29 is 32.0 Å². The summed E-state index contributed by atoms with van der Waals surface area (Å²) in [5, 5.41) is 6.46. The number of imidazole rings is 1. The molecule has 2 aromatic rings. The van der Waals surface area contributed by atoms with E-state index < -0.39 is 23.6 Å². The molecule has 0 saturated carbocycles. The molecule has 2 fully saturated rings. The normalized spacial score (nSPS) is 25.6. The van der Waals surface area contributed by atoms with E-state index in [0.717, 1.165) is 6.20 Å². The number of ether oxygens (including phenoxy) is 2. The first-order valence-corrected chi connectivity index (χ1v) is 9.09. The van der Waals surface area contributed by atoms with Gasteiger partial charge < -0.3 is 24.3 Å². The van der Waals surface area contributed by atoms with Crippen LogP contribution in [0.25, 0.3) is 0 Å². The van der Waals surface area contributed by atoms with E-state index in [4.69, 9.17) is 14.0 Å². The lowest BCUT2D eigenvalue weighted by Crippen LogP contribution is -2.52. The highest BCUT2D eigenvalue weighted by atomic mass is 19.4. The number of hydrogen-bond donors (Lipinski definition) is 2. The molecule has 9 nitrogen and oxygen atoms in total. The smallest absolute Gasteiger partial charge is 0.370 e. The average Bonchev–Trinajstić information content (AvgIpc) is 3.41. The van der Waals surface area contributed by atoms with Gasteiger partial charge in [0, 0.05) is 25.6 Å². The number of nitrogens with zero attached hydrogens (tertiary/aromatic N) is 3. The molecule has 2 N–H and O–H groups in total. The summed E-state index contributed by atoms with van der Waals surface area (Å²) >= 11 is 0. The van der Waals surface area contributed by atoms with Gasteiger partial charge in [-0.25, -0.2) is 4.98 Å². The molecule has 4 heterocycles. The molecule has 0 bridgehead atoms. The van der Waals surface area contributed by atoms with Gasteiger partial charge in [0.2, 0.25) is 5.91 Å². The zero-order valence-electron chi connectivity index (χ0n) is 15.4. The van der Waals surface area contributed by atoms with Crippen LogP contribution in [-0.2, 0) is 33.5 Å². The molecule has 0 unspecified atom stereocenters. The molecule has 158 valence electrons. The zero-order valence-corrected chi connectivity index (χ0v) is 15.4. The number of aromatic nitrogens is 3. The minimum absolute atomic E-state index is 0.226. The van der Waals surface area contributed by atoms with Crippen LogP contribution in [0, 0.1) is 0 Å². The van der Waals surface area contributed by atoms with Crippen LogP contribution in [0.5, 0.6) is 0 Å². The van der Waals surface area contributed by atoms with Gasteiger partial charge in [-0.1, -0.05) is 5.16 Å². The summed E-state index contributed by atoms with van der Waals surface area (Å²) in [6.07, 6.45) is -2.55. The Balaban J connectivity index is 1.32. The molecule has 2 atom stereocenters. The maximum Gasteiger partial charge on any atom is 0.432 e. The van der Waals surface area contributed by atoms with Crippen molar-refractivity contribution in [1.82, 2.24) is 25.3 Å². The standard InChI is InChI=1S/C17H20F3N5O4/c18-17(19,20)13-7-21-14(23-13)8-25-2-4-28-16(9-25)5-12(27-10-16)15(26)22-6-11-1-3-29-24-11/h1,3,7,12H,2,4-6,8-10H2,(H,21,23)(H,22,26)/t12-,16-/m1/s1. The molecule has 2 aromatic heterocycles. The number of amides is 1. The molecular formula is C17H20F3N5O4. The summed E-state index contributed by atoms with van der Waals surface area (Å²) in [6, 6.07) is 1.65. The predicted molar refractivity (Wildman–Crippen MR) is 90.3 cm³/mol. The second kappa shape index (κ2) is 7.76. The van der Waals surface area contributed by atoms with E-state index in [1.54, 1.807) is 6.07 Å². The van der Waals surface area contributed by atoms with Crippen molar-refractivity contribution in [2.75, 3.05) is 26.3 Å². The molecule has 0 aliphatic carbocycles. The van der Waals surface area contributed by atoms with Crippen LogP contribution in [0.15, 0.2) is 23.0 Å². The summed E-state index contributed by atoms with van der Waals surface area (Å²) in [5.41, 5.74) is -0.945. The average molecular weight is 415 g/mol. The maximum atomic E-state index is 12.7. The summed E-state index contributed by atoms with van der Waals surface area (Å²) in [4.78, 5) is 20.4. The Morgan fingerprint density at radius 3 is 3.03 bits per heavy atom. The first-order chi connectivity index (χ1) is 13.8. The largest absolute Gasteiger partial charge is 0.432 e. The van der Waals surface area contributed by atoms with E-state index in [-0.39, 0.29) is 31.4 Å². The number of H-pyrrole nitrogens is 1. The highest BCUT2D eigenvalue weighted by Crippen LogP contribution is 2.32. The van der Waals surface area contributed by atoms with Gasteiger partial charge in [0.15, 0.2) is 0 Å². The molecule has 2 aliphatic rings.